The topological polar surface area (TPSA) is 50.1 Å². The summed E-state index contributed by atoms with van der Waals surface area (Å²) in [6.07, 6.45) is 0. The molecule has 0 spiro atoms. The summed E-state index contributed by atoms with van der Waals surface area (Å²) in [5.74, 6) is -1.30. The Morgan fingerprint density at radius 3 is 2.73 bits per heavy atom. The van der Waals surface area contributed by atoms with E-state index in [2.05, 4.69) is 0 Å². The molecule has 0 N–H and O–H groups in total. The lowest BCUT2D eigenvalue weighted by molar-refractivity contribution is 0.101. The van der Waals surface area contributed by atoms with Gasteiger partial charge in [0, 0.05) is 0 Å². The summed E-state index contributed by atoms with van der Waals surface area (Å²) in [4.78, 5) is 11.0. The minimum atomic E-state index is -0.761. The van der Waals surface area contributed by atoms with Crippen LogP contribution < -0.4 is 4.74 Å². The standard InChI is InChI=1S/C11H10FNO2/c1-3-15-11-8(6-13)4-5-9(7(2)14)10(11)12/h4-5H,3H2,1-2H3. The number of hydrogen-bond acceptors (Lipinski definition) is 3. The van der Waals surface area contributed by atoms with E-state index in [4.69, 9.17) is 10.00 Å². The monoisotopic (exact) mass is 207 g/mol. The summed E-state index contributed by atoms with van der Waals surface area (Å²) in [5.41, 5.74) is 0.0387. The molecule has 0 fully saturated rings. The molecule has 0 radical (unpaired) electrons. The second-order valence-electron chi connectivity index (χ2n) is 2.90. The third-order valence-corrected chi connectivity index (χ3v) is 1.89. The first-order chi connectivity index (χ1) is 7.11. The average Bonchev–Trinajstić information content (AvgIpc) is 2.20. The summed E-state index contributed by atoms with van der Waals surface area (Å²) < 4.78 is 18.7. The maximum atomic E-state index is 13.7. The third-order valence-electron chi connectivity index (χ3n) is 1.89. The van der Waals surface area contributed by atoms with Gasteiger partial charge in [0.05, 0.1) is 17.7 Å². The van der Waals surface area contributed by atoms with Gasteiger partial charge in [0.1, 0.15) is 6.07 Å². The Hall–Kier alpha value is -1.89. The highest BCUT2D eigenvalue weighted by Crippen LogP contribution is 2.25. The number of ether oxygens (including phenoxy) is 1. The van der Waals surface area contributed by atoms with E-state index in [9.17, 15) is 9.18 Å². The highest BCUT2D eigenvalue weighted by molar-refractivity contribution is 5.95. The fourth-order valence-electron chi connectivity index (χ4n) is 1.20. The van der Waals surface area contributed by atoms with Crippen molar-refractivity contribution >= 4 is 5.78 Å². The largest absolute Gasteiger partial charge is 0.489 e. The van der Waals surface area contributed by atoms with Gasteiger partial charge in [-0.25, -0.2) is 4.39 Å². The number of hydrogen-bond donors (Lipinski definition) is 0. The Morgan fingerprint density at radius 1 is 1.60 bits per heavy atom. The van der Waals surface area contributed by atoms with Gasteiger partial charge in [-0.15, -0.1) is 0 Å². The summed E-state index contributed by atoms with van der Waals surface area (Å²) in [6, 6.07) is 4.48. The first-order valence-corrected chi connectivity index (χ1v) is 4.48. The van der Waals surface area contributed by atoms with Gasteiger partial charge in [0.2, 0.25) is 0 Å². The molecule has 0 atom stereocenters. The number of halogens is 1. The van der Waals surface area contributed by atoms with Gasteiger partial charge in [-0.1, -0.05) is 0 Å². The second-order valence-corrected chi connectivity index (χ2v) is 2.90. The van der Waals surface area contributed by atoms with E-state index in [1.807, 2.05) is 6.07 Å². The quantitative estimate of drug-likeness (QED) is 0.714. The first kappa shape index (κ1) is 11.2. The van der Waals surface area contributed by atoms with Gasteiger partial charge in [0.15, 0.2) is 17.3 Å². The molecule has 0 saturated carbocycles. The zero-order valence-electron chi connectivity index (χ0n) is 8.50. The van der Waals surface area contributed by atoms with Gasteiger partial charge in [0.25, 0.3) is 0 Å². The van der Waals surface area contributed by atoms with E-state index in [1.165, 1.54) is 19.1 Å². The van der Waals surface area contributed by atoms with Gasteiger partial charge < -0.3 is 4.74 Å². The molecule has 1 aromatic carbocycles. The van der Waals surface area contributed by atoms with E-state index in [1.54, 1.807) is 6.92 Å². The highest BCUT2D eigenvalue weighted by atomic mass is 19.1. The molecular formula is C11H10FNO2. The number of carbonyl (C=O) groups excluding carboxylic acids is 1. The maximum Gasteiger partial charge on any atom is 0.177 e. The smallest absolute Gasteiger partial charge is 0.177 e. The van der Waals surface area contributed by atoms with Crippen molar-refractivity contribution in [2.45, 2.75) is 13.8 Å². The van der Waals surface area contributed by atoms with Gasteiger partial charge >= 0.3 is 0 Å². The molecule has 0 saturated heterocycles. The molecule has 1 aromatic rings. The zero-order chi connectivity index (χ0) is 11.4. The lowest BCUT2D eigenvalue weighted by atomic mass is 10.1. The van der Waals surface area contributed by atoms with Gasteiger partial charge in [-0.2, -0.15) is 5.26 Å². The van der Waals surface area contributed by atoms with Gasteiger partial charge in [-0.3, -0.25) is 4.79 Å². The van der Waals surface area contributed by atoms with Crippen LogP contribution in [0, 0.1) is 17.1 Å². The Bertz CT molecular complexity index is 435. The fraction of sp³-hybridized carbons (Fsp3) is 0.273. The summed E-state index contributed by atoms with van der Waals surface area (Å²) in [6.45, 7) is 3.19. The predicted molar refractivity (Wildman–Crippen MR) is 52.3 cm³/mol. The van der Waals surface area contributed by atoms with Crippen LogP contribution in [-0.2, 0) is 0 Å². The Balaban J connectivity index is 3.37. The maximum absolute atomic E-state index is 13.7. The molecule has 0 aliphatic heterocycles. The van der Waals surface area contributed by atoms with E-state index in [0.717, 1.165) is 0 Å². The number of benzene rings is 1. The zero-order valence-corrected chi connectivity index (χ0v) is 8.50. The number of rotatable bonds is 3. The molecule has 0 heterocycles. The second kappa shape index (κ2) is 4.56. The van der Waals surface area contributed by atoms with Crippen LogP contribution in [-0.4, -0.2) is 12.4 Å². The molecular weight excluding hydrogens is 197 g/mol. The molecule has 0 unspecified atom stereocenters. The van der Waals surface area contributed by atoms with Crippen LogP contribution in [0.5, 0.6) is 5.75 Å². The first-order valence-electron chi connectivity index (χ1n) is 4.48. The predicted octanol–water partition coefficient (Wildman–Crippen LogP) is 2.30. The molecule has 0 amide bonds. The molecule has 0 aliphatic rings. The van der Waals surface area contributed by atoms with Crippen LogP contribution in [0.25, 0.3) is 0 Å². The lowest BCUT2D eigenvalue weighted by Crippen LogP contribution is -2.04. The minimum Gasteiger partial charge on any atom is -0.489 e. The van der Waals surface area contributed by atoms with E-state index < -0.39 is 11.6 Å². The van der Waals surface area contributed by atoms with Crippen molar-refractivity contribution in [1.29, 1.82) is 5.26 Å². The van der Waals surface area contributed by atoms with Crippen LogP contribution in [0.15, 0.2) is 12.1 Å². The number of carbonyl (C=O) groups is 1. The van der Waals surface area contributed by atoms with Crippen molar-refractivity contribution in [1.82, 2.24) is 0 Å². The van der Waals surface area contributed by atoms with Crippen LogP contribution in [0.1, 0.15) is 29.8 Å². The Labute approximate surface area is 87.1 Å². The fourth-order valence-corrected chi connectivity index (χ4v) is 1.20. The molecule has 0 bridgehead atoms. The van der Waals surface area contributed by atoms with E-state index in [0.29, 0.717) is 0 Å². The number of Topliss-reactive ketones (excluding diaryl/α,β-unsaturated/α-hetero) is 1. The SMILES string of the molecule is CCOc1c(C#N)ccc(C(C)=O)c1F. The number of nitriles is 1. The summed E-state index contributed by atoms with van der Waals surface area (Å²) >= 11 is 0. The van der Waals surface area contributed by atoms with Crippen molar-refractivity contribution < 1.29 is 13.9 Å². The molecule has 3 nitrogen and oxygen atoms in total. The van der Waals surface area contributed by atoms with Crippen LogP contribution in [0.4, 0.5) is 4.39 Å². The van der Waals surface area contributed by atoms with Gasteiger partial charge in [-0.05, 0) is 26.0 Å². The molecule has 15 heavy (non-hydrogen) atoms. The van der Waals surface area contributed by atoms with Crippen molar-refractivity contribution in [3.05, 3.63) is 29.1 Å². The Morgan fingerprint density at radius 2 is 2.27 bits per heavy atom. The molecule has 78 valence electrons. The van der Waals surface area contributed by atoms with Crippen LogP contribution in [0.2, 0.25) is 0 Å². The Kier molecular flexibility index (Phi) is 3.40. The minimum absolute atomic E-state index is 0.0579. The molecule has 0 aromatic heterocycles. The molecule has 4 heteroatoms. The number of ketones is 1. The van der Waals surface area contributed by atoms with E-state index in [-0.39, 0.29) is 23.5 Å². The average molecular weight is 207 g/mol. The van der Waals surface area contributed by atoms with Crippen molar-refractivity contribution in [3.8, 4) is 11.8 Å². The van der Waals surface area contributed by atoms with Crippen LogP contribution in [0.3, 0.4) is 0 Å². The summed E-state index contributed by atoms with van der Waals surface area (Å²) in [7, 11) is 0. The lowest BCUT2D eigenvalue weighted by Gasteiger charge is -2.08. The molecule has 0 aliphatic carbocycles. The van der Waals surface area contributed by atoms with E-state index >= 15 is 0 Å². The van der Waals surface area contributed by atoms with Crippen LogP contribution >= 0.6 is 0 Å². The van der Waals surface area contributed by atoms with Crippen molar-refractivity contribution in [3.63, 3.8) is 0 Å². The van der Waals surface area contributed by atoms with Crippen molar-refractivity contribution in [2.75, 3.05) is 6.61 Å². The van der Waals surface area contributed by atoms with Crippen molar-refractivity contribution in [2.24, 2.45) is 0 Å². The molecule has 1 rings (SSSR count). The normalized spacial score (nSPS) is 9.47. The number of nitrogens with zero attached hydrogens (tertiary/aromatic N) is 1. The summed E-state index contributed by atoms with van der Waals surface area (Å²) in [5, 5.41) is 8.72. The third kappa shape index (κ3) is 2.13. The highest BCUT2D eigenvalue weighted by Gasteiger charge is 2.16.